The molecule has 4 heteroatoms. The molecule has 0 aromatic carbocycles. The van der Waals surface area contributed by atoms with Crippen molar-refractivity contribution in [2.75, 3.05) is 0 Å². The minimum absolute atomic E-state index is 0.0229. The molecular formula is C12H16INO2. The standard InChI is InChI=1S/C12H16INO2/c13-9-3-5-1-7(9)12-8-2-6(11(5)12)4-10(8)14(15)16/h5-12H,1-4H2. The van der Waals surface area contributed by atoms with Crippen molar-refractivity contribution in [3.63, 3.8) is 0 Å². The van der Waals surface area contributed by atoms with Gasteiger partial charge in [0, 0.05) is 21.2 Å². The van der Waals surface area contributed by atoms with E-state index >= 15 is 0 Å². The van der Waals surface area contributed by atoms with E-state index in [0.717, 1.165) is 34.0 Å². The van der Waals surface area contributed by atoms with Gasteiger partial charge in [-0.1, -0.05) is 22.6 Å². The van der Waals surface area contributed by atoms with Gasteiger partial charge in [-0.25, -0.2) is 0 Å². The molecule has 0 aliphatic heterocycles. The van der Waals surface area contributed by atoms with Crippen LogP contribution in [-0.4, -0.2) is 14.9 Å². The average molecular weight is 333 g/mol. The molecule has 88 valence electrons. The predicted molar refractivity (Wildman–Crippen MR) is 68.0 cm³/mol. The lowest BCUT2D eigenvalue weighted by molar-refractivity contribution is -0.533. The Hall–Kier alpha value is 0.130. The average Bonchev–Trinajstić information content (AvgIpc) is 2.91. The molecule has 3 nitrogen and oxygen atoms in total. The van der Waals surface area contributed by atoms with Gasteiger partial charge in [-0.15, -0.1) is 0 Å². The molecule has 0 aromatic rings. The largest absolute Gasteiger partial charge is 0.264 e. The van der Waals surface area contributed by atoms with Crippen LogP contribution in [-0.2, 0) is 0 Å². The topological polar surface area (TPSA) is 43.1 Å². The maximum atomic E-state index is 11.1. The number of rotatable bonds is 1. The lowest BCUT2D eigenvalue weighted by Crippen LogP contribution is -2.41. The molecule has 0 radical (unpaired) electrons. The summed E-state index contributed by atoms with van der Waals surface area (Å²) in [5.41, 5.74) is 0. The van der Waals surface area contributed by atoms with E-state index in [4.69, 9.17) is 0 Å². The van der Waals surface area contributed by atoms with Gasteiger partial charge in [0.1, 0.15) is 0 Å². The molecule has 16 heavy (non-hydrogen) atoms. The summed E-state index contributed by atoms with van der Waals surface area (Å²) >= 11 is 2.60. The third-order valence-corrected chi connectivity index (χ3v) is 7.41. The molecule has 0 amide bonds. The van der Waals surface area contributed by atoms with Crippen molar-refractivity contribution in [2.45, 2.75) is 35.6 Å². The van der Waals surface area contributed by atoms with E-state index in [9.17, 15) is 10.1 Å². The first-order chi connectivity index (χ1) is 7.66. The summed E-state index contributed by atoms with van der Waals surface area (Å²) in [4.78, 5) is 11.1. The first-order valence-corrected chi connectivity index (χ1v) is 7.69. The molecule has 0 spiro atoms. The third kappa shape index (κ3) is 1.05. The summed E-state index contributed by atoms with van der Waals surface area (Å²) in [7, 11) is 0. The zero-order valence-electron chi connectivity index (χ0n) is 9.09. The minimum Gasteiger partial charge on any atom is -0.264 e. The van der Waals surface area contributed by atoms with Crippen LogP contribution in [0.5, 0.6) is 0 Å². The van der Waals surface area contributed by atoms with Gasteiger partial charge >= 0.3 is 0 Å². The quantitative estimate of drug-likeness (QED) is 0.243. The van der Waals surface area contributed by atoms with Crippen molar-refractivity contribution in [3.05, 3.63) is 10.1 Å². The van der Waals surface area contributed by atoms with E-state index in [1.807, 2.05) is 0 Å². The van der Waals surface area contributed by atoms with Crippen molar-refractivity contribution in [3.8, 4) is 0 Å². The second kappa shape index (κ2) is 3.12. The number of halogens is 1. The molecule has 8 atom stereocenters. The van der Waals surface area contributed by atoms with Gasteiger partial charge in [-0.05, 0) is 48.9 Å². The molecular weight excluding hydrogens is 317 g/mol. The normalized spacial score (nSPS) is 61.6. The third-order valence-electron chi connectivity index (χ3n) is 5.97. The fraction of sp³-hybridized carbons (Fsp3) is 1.00. The van der Waals surface area contributed by atoms with Crippen LogP contribution >= 0.6 is 22.6 Å². The number of nitrogens with zero attached hydrogens (tertiary/aromatic N) is 1. The van der Waals surface area contributed by atoms with Gasteiger partial charge in [0.05, 0.1) is 0 Å². The Balaban J connectivity index is 1.68. The monoisotopic (exact) mass is 333 g/mol. The second-order valence-corrected chi connectivity index (χ2v) is 7.91. The van der Waals surface area contributed by atoms with Gasteiger partial charge in [-0.2, -0.15) is 0 Å². The first kappa shape index (κ1) is 10.1. The molecule has 8 unspecified atom stereocenters. The molecule has 4 saturated carbocycles. The van der Waals surface area contributed by atoms with Crippen molar-refractivity contribution >= 4 is 22.6 Å². The summed E-state index contributed by atoms with van der Waals surface area (Å²) in [6.07, 6.45) is 4.87. The predicted octanol–water partition coefficient (Wildman–Crippen LogP) is 2.75. The number of fused-ring (bicyclic) bond motifs is 9. The minimum atomic E-state index is -0.186. The highest BCUT2D eigenvalue weighted by molar-refractivity contribution is 14.1. The smallest absolute Gasteiger partial charge is 0.216 e. The molecule has 0 heterocycles. The Bertz CT molecular complexity index is 361. The van der Waals surface area contributed by atoms with E-state index < -0.39 is 0 Å². The molecule has 4 fully saturated rings. The van der Waals surface area contributed by atoms with Crippen LogP contribution in [0, 0.1) is 45.6 Å². The Morgan fingerprint density at radius 3 is 2.44 bits per heavy atom. The maximum Gasteiger partial charge on any atom is 0.216 e. The number of nitro groups is 1. The van der Waals surface area contributed by atoms with Crippen LogP contribution in [0.15, 0.2) is 0 Å². The first-order valence-electron chi connectivity index (χ1n) is 6.44. The van der Waals surface area contributed by atoms with Crippen molar-refractivity contribution < 1.29 is 4.92 Å². The van der Waals surface area contributed by atoms with Crippen molar-refractivity contribution in [2.24, 2.45) is 35.5 Å². The fourth-order valence-corrected chi connectivity index (χ4v) is 7.16. The lowest BCUT2D eigenvalue weighted by atomic mass is 9.69. The Labute approximate surface area is 109 Å². The summed E-state index contributed by atoms with van der Waals surface area (Å²) < 4.78 is 0.815. The van der Waals surface area contributed by atoms with E-state index in [0.29, 0.717) is 11.8 Å². The highest BCUT2D eigenvalue weighted by Crippen LogP contribution is 2.68. The highest BCUT2D eigenvalue weighted by Gasteiger charge is 2.67. The van der Waals surface area contributed by atoms with Gasteiger partial charge in [-0.3, -0.25) is 10.1 Å². The van der Waals surface area contributed by atoms with Crippen molar-refractivity contribution in [1.29, 1.82) is 0 Å². The molecule has 4 bridgehead atoms. The summed E-state index contributed by atoms with van der Waals surface area (Å²) in [5.74, 6) is 4.53. The van der Waals surface area contributed by atoms with E-state index in [-0.39, 0.29) is 11.0 Å². The van der Waals surface area contributed by atoms with Gasteiger partial charge in [0.25, 0.3) is 0 Å². The molecule has 0 saturated heterocycles. The van der Waals surface area contributed by atoms with E-state index in [1.54, 1.807) is 0 Å². The number of hydrogen-bond acceptors (Lipinski definition) is 2. The molecule has 4 aliphatic carbocycles. The van der Waals surface area contributed by atoms with Crippen LogP contribution in [0.1, 0.15) is 25.7 Å². The zero-order chi connectivity index (χ0) is 11.0. The lowest BCUT2D eigenvalue weighted by Gasteiger charge is -2.37. The Morgan fingerprint density at radius 1 is 1.00 bits per heavy atom. The SMILES string of the molecule is O=[N+]([O-])C1CC2CC1C1C3CC(CC3I)C21. The molecule has 0 N–H and O–H groups in total. The van der Waals surface area contributed by atoms with Crippen molar-refractivity contribution in [1.82, 2.24) is 0 Å². The fourth-order valence-electron chi connectivity index (χ4n) is 5.73. The summed E-state index contributed by atoms with van der Waals surface area (Å²) in [5, 5.41) is 11.1. The van der Waals surface area contributed by atoms with Crippen LogP contribution in [0.25, 0.3) is 0 Å². The maximum absolute atomic E-state index is 11.1. The molecule has 4 rings (SSSR count). The number of hydrogen-bond donors (Lipinski definition) is 0. The van der Waals surface area contributed by atoms with Crippen LogP contribution in [0.2, 0.25) is 0 Å². The van der Waals surface area contributed by atoms with Gasteiger partial charge in [0.15, 0.2) is 0 Å². The van der Waals surface area contributed by atoms with Crippen LogP contribution in [0.3, 0.4) is 0 Å². The Kier molecular flexibility index (Phi) is 1.97. The van der Waals surface area contributed by atoms with Crippen LogP contribution in [0.4, 0.5) is 0 Å². The van der Waals surface area contributed by atoms with E-state index in [2.05, 4.69) is 22.6 Å². The number of alkyl halides is 1. The van der Waals surface area contributed by atoms with Gasteiger partial charge < -0.3 is 0 Å². The van der Waals surface area contributed by atoms with E-state index in [1.165, 1.54) is 19.3 Å². The highest BCUT2D eigenvalue weighted by atomic mass is 127. The van der Waals surface area contributed by atoms with Crippen LogP contribution < -0.4 is 0 Å². The summed E-state index contributed by atoms with van der Waals surface area (Å²) in [6.45, 7) is 0. The second-order valence-electron chi connectivity index (χ2n) is 6.31. The Morgan fingerprint density at radius 2 is 1.69 bits per heavy atom. The molecule has 4 aliphatic rings. The molecule has 0 aromatic heterocycles. The summed E-state index contributed by atoms with van der Waals surface area (Å²) in [6, 6.07) is -0.186. The zero-order valence-corrected chi connectivity index (χ0v) is 11.2. The van der Waals surface area contributed by atoms with Gasteiger partial charge in [0.2, 0.25) is 6.04 Å².